The van der Waals surface area contributed by atoms with E-state index in [0.29, 0.717) is 0 Å². The number of nitrogens with one attached hydrogen (secondary N) is 2. The minimum absolute atomic E-state index is 0.0532. The van der Waals surface area contributed by atoms with Crippen LogP contribution in [0.3, 0.4) is 0 Å². The number of carbonyl (C=O) groups is 1. The van der Waals surface area contributed by atoms with Gasteiger partial charge in [-0.3, -0.25) is 15.2 Å². The molecule has 1 saturated carbocycles. The first-order valence-electron chi connectivity index (χ1n) is 10.3. The number of hydrogen-bond donors (Lipinski definition) is 4. The van der Waals surface area contributed by atoms with Crippen molar-refractivity contribution in [3.8, 4) is 11.8 Å². The molecule has 0 atom stereocenters. The van der Waals surface area contributed by atoms with Gasteiger partial charge in [-0.25, -0.2) is 19.3 Å². The number of allylic oxidation sites excluding steroid dienone is 1. The molecule has 178 valence electrons. The monoisotopic (exact) mass is 495 g/mol. The largest absolute Gasteiger partial charge is 0.505 e. The van der Waals surface area contributed by atoms with E-state index < -0.39 is 17.5 Å². The first kappa shape index (κ1) is 23.8. The van der Waals surface area contributed by atoms with Crippen LogP contribution in [0.2, 0.25) is 5.02 Å². The molecule has 10 nitrogen and oxygen atoms in total. The summed E-state index contributed by atoms with van der Waals surface area (Å²) in [6, 6.07) is 6.48. The van der Waals surface area contributed by atoms with Gasteiger partial charge in [0, 0.05) is 24.0 Å². The van der Waals surface area contributed by atoms with Crippen LogP contribution in [0, 0.1) is 11.2 Å². The van der Waals surface area contributed by atoms with Crippen LogP contribution < -0.4 is 15.8 Å². The average Bonchev–Trinajstić information content (AvgIpc) is 3.68. The van der Waals surface area contributed by atoms with E-state index in [1.54, 1.807) is 0 Å². The molecule has 0 aliphatic heterocycles. The van der Waals surface area contributed by atoms with Gasteiger partial charge in [-0.2, -0.15) is 0 Å². The van der Waals surface area contributed by atoms with Gasteiger partial charge in [0.15, 0.2) is 11.5 Å². The summed E-state index contributed by atoms with van der Waals surface area (Å²) in [5.41, 5.74) is 5.48. The van der Waals surface area contributed by atoms with Gasteiger partial charge < -0.3 is 20.9 Å². The van der Waals surface area contributed by atoms with E-state index in [1.807, 2.05) is 0 Å². The molecule has 35 heavy (non-hydrogen) atoms. The number of ether oxygens (including phenoxy) is 1. The van der Waals surface area contributed by atoms with Crippen LogP contribution in [0.15, 0.2) is 65.2 Å². The zero-order chi connectivity index (χ0) is 24.9. The Morgan fingerprint density at radius 1 is 1.23 bits per heavy atom. The molecular weight excluding hydrogens is 477 g/mol. The molecule has 0 unspecified atom stereocenters. The summed E-state index contributed by atoms with van der Waals surface area (Å²) in [6.45, 7) is 0. The van der Waals surface area contributed by atoms with Crippen molar-refractivity contribution in [1.82, 2.24) is 15.0 Å². The highest BCUT2D eigenvalue weighted by atomic mass is 35.5. The Hall–Kier alpha value is -4.38. The number of hydrogen-bond acceptors (Lipinski definition) is 9. The quantitative estimate of drug-likeness (QED) is 0.208. The average molecular weight is 496 g/mol. The molecule has 1 aliphatic carbocycles. The van der Waals surface area contributed by atoms with Gasteiger partial charge in [0.25, 0.3) is 5.91 Å². The lowest BCUT2D eigenvalue weighted by Gasteiger charge is -2.10. The van der Waals surface area contributed by atoms with Gasteiger partial charge in [-0.15, -0.1) is 0 Å². The number of halogens is 2. The Kier molecular flexibility index (Phi) is 6.97. The molecule has 12 heteroatoms. The van der Waals surface area contributed by atoms with Gasteiger partial charge in [-0.1, -0.05) is 11.6 Å². The number of aliphatic imine (C=N–C) groups is 1. The predicted octanol–water partition coefficient (Wildman–Crippen LogP) is 4.09. The van der Waals surface area contributed by atoms with E-state index in [1.165, 1.54) is 43.0 Å². The van der Waals surface area contributed by atoms with E-state index >= 15 is 0 Å². The van der Waals surface area contributed by atoms with E-state index in [0.717, 1.165) is 25.0 Å². The third-order valence-electron chi connectivity index (χ3n) is 4.80. The molecule has 3 aromatic rings. The van der Waals surface area contributed by atoms with Gasteiger partial charge in [-0.05, 0) is 37.1 Å². The molecule has 5 N–H and O–H groups in total. The Balaban J connectivity index is 1.52. The summed E-state index contributed by atoms with van der Waals surface area (Å²) in [5.74, 6) is -1.53. The number of aromatic nitrogens is 3. The van der Waals surface area contributed by atoms with Crippen LogP contribution in [0.1, 0.15) is 18.4 Å². The van der Waals surface area contributed by atoms with Crippen molar-refractivity contribution in [2.24, 2.45) is 4.99 Å². The summed E-state index contributed by atoms with van der Waals surface area (Å²) in [4.78, 5) is 29.1. The molecule has 1 amide bonds. The van der Waals surface area contributed by atoms with E-state index in [9.17, 15) is 14.3 Å². The molecule has 0 saturated heterocycles. The highest BCUT2D eigenvalue weighted by Crippen LogP contribution is 2.30. The zero-order valence-electron chi connectivity index (χ0n) is 18.1. The molecule has 1 fully saturated rings. The zero-order valence-corrected chi connectivity index (χ0v) is 18.8. The number of nitrogen functional groups attached to an aromatic ring is 1. The second kappa shape index (κ2) is 10.3. The molecular formula is C23H19ClFN7O3. The summed E-state index contributed by atoms with van der Waals surface area (Å²) < 4.78 is 18.7. The number of amides is 1. The Morgan fingerprint density at radius 3 is 2.57 bits per heavy atom. The number of nitrogens with zero attached hydrogens (tertiary/aromatic N) is 4. The van der Waals surface area contributed by atoms with Crippen molar-refractivity contribution < 1.29 is 19.0 Å². The Morgan fingerprint density at radius 2 is 1.91 bits per heavy atom. The standard InChI is InChI=1S/C23H19ClFN7O3/c24-18-17(7-8-28-21(18)27)35-23-30-9-15(10-31-23)32-22(34)16(11-29-14-5-6-14)20(33)19(26)12-1-3-13(25)4-2-12/h1-4,7-11,14,26,33H,5-6H2,(H2,27,28)(H,32,34). The van der Waals surface area contributed by atoms with Crippen LogP contribution >= 0.6 is 11.6 Å². The minimum atomic E-state index is -0.735. The minimum Gasteiger partial charge on any atom is -0.505 e. The molecule has 4 rings (SSSR count). The number of carbonyl (C=O) groups excluding carboxylic acids is 1. The first-order chi connectivity index (χ1) is 16.8. The number of aliphatic hydroxyl groups is 1. The lowest BCUT2D eigenvalue weighted by atomic mass is 10.0. The van der Waals surface area contributed by atoms with Crippen molar-refractivity contribution in [1.29, 1.82) is 5.41 Å². The molecule has 2 aromatic heterocycles. The normalized spacial score (nSPS) is 13.9. The van der Waals surface area contributed by atoms with Gasteiger partial charge in [0.1, 0.15) is 27.9 Å². The Labute approximate surface area is 203 Å². The molecule has 0 spiro atoms. The fraction of sp³-hybridized carbons (Fsp3) is 0.130. The maximum absolute atomic E-state index is 13.2. The number of rotatable bonds is 8. The molecule has 0 bridgehead atoms. The molecule has 1 aliphatic rings. The number of nitrogens with two attached hydrogens (primary N) is 1. The van der Waals surface area contributed by atoms with Crippen LogP contribution in [0.4, 0.5) is 15.9 Å². The molecule has 1 aromatic carbocycles. The second-order valence-corrected chi connectivity index (χ2v) is 7.85. The van der Waals surface area contributed by atoms with Crippen LogP contribution in [-0.4, -0.2) is 43.9 Å². The first-order valence-corrected chi connectivity index (χ1v) is 10.7. The molecule has 0 radical (unpaired) electrons. The van der Waals surface area contributed by atoms with Gasteiger partial charge in [0.05, 0.1) is 24.1 Å². The van der Waals surface area contributed by atoms with Crippen molar-refractivity contribution in [2.75, 3.05) is 11.1 Å². The second-order valence-electron chi connectivity index (χ2n) is 7.47. The van der Waals surface area contributed by atoms with E-state index in [-0.39, 0.29) is 51.2 Å². The maximum atomic E-state index is 13.2. The van der Waals surface area contributed by atoms with Crippen molar-refractivity contribution >= 4 is 40.9 Å². The summed E-state index contributed by atoms with van der Waals surface area (Å²) in [7, 11) is 0. The van der Waals surface area contributed by atoms with E-state index in [2.05, 4.69) is 25.3 Å². The van der Waals surface area contributed by atoms with Gasteiger partial charge >= 0.3 is 6.01 Å². The lowest BCUT2D eigenvalue weighted by Crippen LogP contribution is -2.20. The Bertz CT molecular complexity index is 1320. The topological polar surface area (TPSA) is 159 Å². The van der Waals surface area contributed by atoms with Crippen molar-refractivity contribution in [3.63, 3.8) is 0 Å². The number of aliphatic hydroxyl groups excluding tert-OH is 1. The number of pyridine rings is 1. The maximum Gasteiger partial charge on any atom is 0.322 e. The highest BCUT2D eigenvalue weighted by Gasteiger charge is 2.23. The predicted molar refractivity (Wildman–Crippen MR) is 129 cm³/mol. The molecule has 2 heterocycles. The number of anilines is 2. The highest BCUT2D eigenvalue weighted by molar-refractivity contribution is 6.34. The van der Waals surface area contributed by atoms with Crippen LogP contribution in [0.5, 0.6) is 11.8 Å². The fourth-order valence-corrected chi connectivity index (χ4v) is 2.92. The summed E-state index contributed by atoms with van der Waals surface area (Å²) in [6.07, 6.45) is 6.98. The SMILES string of the molecule is N=C(C(O)=C(C=NC1CC1)C(=O)Nc1cnc(Oc2ccnc(N)c2Cl)nc1)c1ccc(F)cc1. The van der Waals surface area contributed by atoms with Crippen molar-refractivity contribution in [2.45, 2.75) is 18.9 Å². The third-order valence-corrected chi connectivity index (χ3v) is 5.18. The number of benzene rings is 1. The van der Waals surface area contributed by atoms with Crippen LogP contribution in [0.25, 0.3) is 0 Å². The third kappa shape index (κ3) is 5.95. The van der Waals surface area contributed by atoms with Crippen molar-refractivity contribution in [3.05, 3.63) is 76.7 Å². The lowest BCUT2D eigenvalue weighted by molar-refractivity contribution is -0.112. The van der Waals surface area contributed by atoms with E-state index in [4.69, 9.17) is 27.5 Å². The summed E-state index contributed by atoms with van der Waals surface area (Å²) >= 11 is 6.04. The fourth-order valence-electron chi connectivity index (χ4n) is 2.77. The smallest absolute Gasteiger partial charge is 0.322 e. The van der Waals surface area contributed by atoms with Gasteiger partial charge in [0.2, 0.25) is 0 Å². The summed E-state index contributed by atoms with van der Waals surface area (Å²) in [5, 5.41) is 21.6. The van der Waals surface area contributed by atoms with Crippen LogP contribution in [-0.2, 0) is 4.79 Å².